The normalized spacial score (nSPS) is 24.5. The largest absolute Gasteiger partial charge is 0.305 e. The van der Waals surface area contributed by atoms with Gasteiger partial charge in [0.1, 0.15) is 0 Å². The lowest BCUT2D eigenvalue weighted by Crippen LogP contribution is -2.22. The Balaban J connectivity index is 1.59. The Labute approximate surface area is 101 Å². The summed E-state index contributed by atoms with van der Waals surface area (Å²) in [6.07, 6.45) is 3.04. The molecule has 17 heavy (non-hydrogen) atoms. The molecule has 3 atom stereocenters. The minimum atomic E-state index is 0.344. The smallest absolute Gasteiger partial charge is 0.0518 e. The van der Waals surface area contributed by atoms with Crippen LogP contribution in [0.4, 0.5) is 0 Å². The minimum absolute atomic E-state index is 0.344. The van der Waals surface area contributed by atoms with Crippen LogP contribution in [-0.4, -0.2) is 16.2 Å². The standard InChI is InChI=1S/C14H17N3/c1-10(13-7-8-15-17-13)16-14-9-12(14)11-5-3-2-4-6-11/h2-8,10,12,14,16H,9H2,1H3,(H,15,17). The number of nitrogens with zero attached hydrogens (tertiary/aromatic N) is 1. The van der Waals surface area contributed by atoms with Gasteiger partial charge in [-0.15, -0.1) is 0 Å². The Bertz CT molecular complexity index is 463. The van der Waals surface area contributed by atoms with E-state index in [4.69, 9.17) is 0 Å². The second kappa shape index (κ2) is 4.34. The van der Waals surface area contributed by atoms with Gasteiger partial charge in [-0.05, 0) is 25.0 Å². The molecule has 0 bridgehead atoms. The third-order valence-electron chi connectivity index (χ3n) is 3.47. The number of aromatic nitrogens is 2. The molecule has 2 N–H and O–H groups in total. The van der Waals surface area contributed by atoms with Crippen molar-refractivity contribution in [2.24, 2.45) is 0 Å². The Kier molecular flexibility index (Phi) is 2.69. The van der Waals surface area contributed by atoms with E-state index < -0.39 is 0 Å². The van der Waals surface area contributed by atoms with E-state index in [-0.39, 0.29) is 0 Å². The molecule has 0 saturated heterocycles. The predicted octanol–water partition coefficient (Wildman–Crippen LogP) is 2.62. The van der Waals surface area contributed by atoms with E-state index >= 15 is 0 Å². The molecule has 0 radical (unpaired) electrons. The molecule has 0 spiro atoms. The maximum absolute atomic E-state index is 3.98. The molecule has 1 aromatic carbocycles. The van der Waals surface area contributed by atoms with Crippen molar-refractivity contribution in [2.45, 2.75) is 31.3 Å². The molecule has 1 aliphatic carbocycles. The number of aromatic amines is 1. The van der Waals surface area contributed by atoms with E-state index in [2.05, 4.69) is 52.8 Å². The summed E-state index contributed by atoms with van der Waals surface area (Å²) >= 11 is 0. The summed E-state index contributed by atoms with van der Waals surface area (Å²) in [5.41, 5.74) is 2.60. The van der Waals surface area contributed by atoms with Crippen LogP contribution in [0.3, 0.4) is 0 Å². The van der Waals surface area contributed by atoms with Crippen molar-refractivity contribution in [3.63, 3.8) is 0 Å². The summed E-state index contributed by atoms with van der Waals surface area (Å²) in [6.45, 7) is 2.17. The molecule has 2 aromatic rings. The van der Waals surface area contributed by atoms with Crippen LogP contribution in [0.1, 0.15) is 36.6 Å². The SMILES string of the molecule is CC(NC1CC1c1ccccc1)c1ccn[nH]1. The number of hydrogen-bond acceptors (Lipinski definition) is 2. The van der Waals surface area contributed by atoms with E-state index in [1.54, 1.807) is 6.20 Å². The van der Waals surface area contributed by atoms with Crippen LogP contribution in [0, 0.1) is 0 Å². The molecule has 1 aromatic heterocycles. The highest BCUT2D eigenvalue weighted by molar-refractivity contribution is 5.28. The molecule has 3 rings (SSSR count). The second-order valence-electron chi connectivity index (χ2n) is 4.76. The minimum Gasteiger partial charge on any atom is -0.305 e. The summed E-state index contributed by atoms with van der Waals surface area (Å²) in [5.74, 6) is 0.682. The van der Waals surface area contributed by atoms with Gasteiger partial charge in [0.05, 0.1) is 5.69 Å². The Morgan fingerprint density at radius 2 is 2.12 bits per heavy atom. The third kappa shape index (κ3) is 2.24. The molecule has 0 amide bonds. The van der Waals surface area contributed by atoms with Gasteiger partial charge in [-0.1, -0.05) is 30.3 Å². The van der Waals surface area contributed by atoms with E-state index in [0.717, 1.165) is 5.69 Å². The number of hydrogen-bond donors (Lipinski definition) is 2. The first-order valence-corrected chi connectivity index (χ1v) is 6.15. The van der Waals surface area contributed by atoms with Gasteiger partial charge < -0.3 is 5.32 Å². The fourth-order valence-electron chi connectivity index (χ4n) is 2.37. The first kappa shape index (κ1) is 10.5. The Morgan fingerprint density at radius 1 is 1.29 bits per heavy atom. The number of benzene rings is 1. The topological polar surface area (TPSA) is 40.7 Å². The fourth-order valence-corrected chi connectivity index (χ4v) is 2.37. The highest BCUT2D eigenvalue weighted by atomic mass is 15.1. The summed E-state index contributed by atoms with van der Waals surface area (Å²) in [4.78, 5) is 0. The molecule has 3 nitrogen and oxygen atoms in total. The molecule has 1 aliphatic rings. The number of nitrogens with one attached hydrogen (secondary N) is 2. The fraction of sp³-hybridized carbons (Fsp3) is 0.357. The van der Waals surface area contributed by atoms with Crippen LogP contribution in [0.25, 0.3) is 0 Å². The molecular weight excluding hydrogens is 210 g/mol. The summed E-state index contributed by atoms with van der Waals surface area (Å²) < 4.78 is 0. The zero-order chi connectivity index (χ0) is 11.7. The van der Waals surface area contributed by atoms with Gasteiger partial charge in [0.2, 0.25) is 0 Å². The van der Waals surface area contributed by atoms with E-state index in [0.29, 0.717) is 18.0 Å². The van der Waals surface area contributed by atoms with Crippen molar-refractivity contribution >= 4 is 0 Å². The van der Waals surface area contributed by atoms with E-state index in [1.165, 1.54) is 12.0 Å². The van der Waals surface area contributed by atoms with Crippen molar-refractivity contribution in [3.05, 3.63) is 53.9 Å². The van der Waals surface area contributed by atoms with E-state index in [1.807, 2.05) is 6.07 Å². The molecule has 1 fully saturated rings. The maximum atomic E-state index is 3.98. The summed E-state index contributed by atoms with van der Waals surface area (Å²) in [5, 5.41) is 10.6. The van der Waals surface area contributed by atoms with Gasteiger partial charge in [0, 0.05) is 24.2 Å². The summed E-state index contributed by atoms with van der Waals surface area (Å²) in [7, 11) is 0. The summed E-state index contributed by atoms with van der Waals surface area (Å²) in [6, 6.07) is 13.7. The number of rotatable bonds is 4. The average Bonchev–Trinajstić information content (AvgIpc) is 2.92. The molecule has 0 aliphatic heterocycles. The quantitative estimate of drug-likeness (QED) is 0.843. The average molecular weight is 227 g/mol. The molecule has 88 valence electrons. The van der Waals surface area contributed by atoms with Crippen LogP contribution in [0.15, 0.2) is 42.6 Å². The first-order valence-electron chi connectivity index (χ1n) is 6.15. The molecule has 3 unspecified atom stereocenters. The van der Waals surface area contributed by atoms with Crippen molar-refractivity contribution in [1.82, 2.24) is 15.5 Å². The molecule has 3 heteroatoms. The molecule has 1 saturated carbocycles. The van der Waals surface area contributed by atoms with Crippen LogP contribution in [0.5, 0.6) is 0 Å². The van der Waals surface area contributed by atoms with Gasteiger partial charge >= 0.3 is 0 Å². The van der Waals surface area contributed by atoms with E-state index in [9.17, 15) is 0 Å². The third-order valence-corrected chi connectivity index (χ3v) is 3.47. The van der Waals surface area contributed by atoms with Gasteiger partial charge in [0.25, 0.3) is 0 Å². The second-order valence-corrected chi connectivity index (χ2v) is 4.76. The van der Waals surface area contributed by atoms with Gasteiger partial charge in [-0.25, -0.2) is 0 Å². The van der Waals surface area contributed by atoms with Gasteiger partial charge in [-0.2, -0.15) is 5.10 Å². The van der Waals surface area contributed by atoms with Crippen LogP contribution < -0.4 is 5.32 Å². The monoisotopic (exact) mass is 227 g/mol. The van der Waals surface area contributed by atoms with Crippen LogP contribution in [0.2, 0.25) is 0 Å². The lowest BCUT2D eigenvalue weighted by molar-refractivity contribution is 0.549. The van der Waals surface area contributed by atoms with Crippen molar-refractivity contribution in [2.75, 3.05) is 0 Å². The van der Waals surface area contributed by atoms with Crippen molar-refractivity contribution in [1.29, 1.82) is 0 Å². The predicted molar refractivity (Wildman–Crippen MR) is 67.7 cm³/mol. The van der Waals surface area contributed by atoms with Crippen LogP contribution in [-0.2, 0) is 0 Å². The highest BCUT2D eigenvalue weighted by Crippen LogP contribution is 2.41. The Morgan fingerprint density at radius 3 is 2.82 bits per heavy atom. The lowest BCUT2D eigenvalue weighted by atomic mass is 10.1. The van der Waals surface area contributed by atoms with Gasteiger partial charge in [-0.3, -0.25) is 5.10 Å². The zero-order valence-corrected chi connectivity index (χ0v) is 9.93. The Hall–Kier alpha value is -1.61. The lowest BCUT2D eigenvalue weighted by Gasteiger charge is -2.11. The first-order chi connectivity index (χ1) is 8.34. The van der Waals surface area contributed by atoms with Crippen LogP contribution >= 0.6 is 0 Å². The molecule has 1 heterocycles. The van der Waals surface area contributed by atoms with Crippen molar-refractivity contribution in [3.8, 4) is 0 Å². The van der Waals surface area contributed by atoms with Crippen molar-refractivity contribution < 1.29 is 0 Å². The highest BCUT2D eigenvalue weighted by Gasteiger charge is 2.38. The number of H-pyrrole nitrogens is 1. The maximum Gasteiger partial charge on any atom is 0.0518 e. The van der Waals surface area contributed by atoms with Gasteiger partial charge in [0.15, 0.2) is 0 Å². The zero-order valence-electron chi connectivity index (χ0n) is 9.93. The molecular formula is C14H17N3.